The summed E-state index contributed by atoms with van der Waals surface area (Å²) in [7, 11) is 0. The quantitative estimate of drug-likeness (QED) is 0.477. The largest absolute Gasteiger partial charge is 0.486 e. The minimum absolute atomic E-state index is 0.0410. The number of rotatable bonds is 5. The number of halogens is 3. The first-order valence-electron chi connectivity index (χ1n) is 10.4. The second-order valence-corrected chi connectivity index (χ2v) is 7.96. The molecule has 1 aliphatic heterocycles. The Balaban J connectivity index is 1.25. The molecule has 0 radical (unpaired) electrons. The van der Waals surface area contributed by atoms with Crippen molar-refractivity contribution in [2.45, 2.75) is 19.2 Å². The van der Waals surface area contributed by atoms with Crippen LogP contribution < -0.4 is 15.0 Å². The van der Waals surface area contributed by atoms with Gasteiger partial charge in [-0.25, -0.2) is 4.98 Å². The lowest BCUT2D eigenvalue weighted by atomic mass is 10.1. The van der Waals surface area contributed by atoms with Crippen LogP contribution in [0.5, 0.6) is 5.75 Å². The zero-order valence-corrected chi connectivity index (χ0v) is 18.0. The van der Waals surface area contributed by atoms with E-state index < -0.39 is 17.6 Å². The third kappa shape index (κ3) is 4.24. The average Bonchev–Trinajstić information content (AvgIpc) is 3.20. The smallest absolute Gasteiger partial charge is 0.417 e. The summed E-state index contributed by atoms with van der Waals surface area (Å²) in [6.45, 7) is 3.14. The molecule has 4 aromatic rings. The molecule has 1 aromatic carbocycles. The number of benzene rings is 1. The molecule has 1 saturated heterocycles. The predicted octanol–water partition coefficient (Wildman–Crippen LogP) is 3.97. The van der Waals surface area contributed by atoms with Gasteiger partial charge in [-0.05, 0) is 30.7 Å². The van der Waals surface area contributed by atoms with Crippen LogP contribution in [0.1, 0.15) is 21.5 Å². The first-order valence-corrected chi connectivity index (χ1v) is 10.4. The fraction of sp³-hybridized carbons (Fsp3) is 0.217. The Hall–Kier alpha value is -4.15. The first kappa shape index (κ1) is 21.7. The zero-order valence-electron chi connectivity index (χ0n) is 18.0. The van der Waals surface area contributed by atoms with Crippen molar-refractivity contribution in [3.05, 3.63) is 78.1 Å². The van der Waals surface area contributed by atoms with Crippen molar-refractivity contribution in [2.75, 3.05) is 23.3 Å². The highest BCUT2D eigenvalue weighted by Crippen LogP contribution is 2.31. The Labute approximate surface area is 192 Å². The second-order valence-electron chi connectivity index (χ2n) is 7.96. The summed E-state index contributed by atoms with van der Waals surface area (Å²) in [6, 6.07) is 5.77. The number of pyridine rings is 1. The molecule has 0 bridgehead atoms. The van der Waals surface area contributed by atoms with Gasteiger partial charge in [-0.2, -0.15) is 13.2 Å². The van der Waals surface area contributed by atoms with E-state index in [4.69, 9.17) is 4.74 Å². The summed E-state index contributed by atoms with van der Waals surface area (Å²) in [5.41, 5.74) is 0.892. The number of nitrogens with zero attached hydrogens (tertiary/aromatic N) is 5. The van der Waals surface area contributed by atoms with Gasteiger partial charge in [-0.15, -0.1) is 0 Å². The summed E-state index contributed by atoms with van der Waals surface area (Å²) in [5, 5.41) is 2.46. The third-order valence-corrected chi connectivity index (χ3v) is 5.54. The SMILES string of the molecule is Cc1ccc(C(=O)Nc2cncc(C(F)(F)F)c2)cc1OC1CN(c2cnc3cnccn23)C1. The van der Waals surface area contributed by atoms with Crippen LogP contribution in [0.25, 0.3) is 5.65 Å². The van der Waals surface area contributed by atoms with E-state index in [-0.39, 0.29) is 17.4 Å². The lowest BCUT2D eigenvalue weighted by Crippen LogP contribution is -2.54. The number of imidazole rings is 1. The summed E-state index contributed by atoms with van der Waals surface area (Å²) >= 11 is 0. The number of nitrogens with one attached hydrogen (secondary N) is 1. The highest BCUT2D eigenvalue weighted by molar-refractivity contribution is 6.04. The number of anilines is 2. The predicted molar refractivity (Wildman–Crippen MR) is 118 cm³/mol. The van der Waals surface area contributed by atoms with Crippen molar-refractivity contribution >= 4 is 23.1 Å². The minimum atomic E-state index is -4.55. The molecule has 0 aliphatic carbocycles. The van der Waals surface area contributed by atoms with Gasteiger partial charge in [-0.1, -0.05) is 6.07 Å². The molecule has 5 rings (SSSR count). The van der Waals surface area contributed by atoms with Crippen molar-refractivity contribution in [2.24, 2.45) is 0 Å². The topological polar surface area (TPSA) is 84.6 Å². The lowest BCUT2D eigenvalue weighted by Gasteiger charge is -2.40. The van der Waals surface area contributed by atoms with Crippen LogP contribution in [0.3, 0.4) is 0 Å². The van der Waals surface area contributed by atoms with E-state index in [1.165, 1.54) is 0 Å². The fourth-order valence-corrected chi connectivity index (χ4v) is 3.68. The molecule has 0 saturated carbocycles. The number of fused-ring (bicyclic) bond motifs is 1. The number of carbonyl (C=O) groups excluding carboxylic acids is 1. The highest BCUT2D eigenvalue weighted by Gasteiger charge is 2.32. The van der Waals surface area contributed by atoms with Crippen LogP contribution in [0.2, 0.25) is 0 Å². The van der Waals surface area contributed by atoms with E-state index in [1.54, 1.807) is 36.8 Å². The van der Waals surface area contributed by atoms with E-state index in [1.807, 2.05) is 17.5 Å². The summed E-state index contributed by atoms with van der Waals surface area (Å²) in [4.78, 5) is 26.7. The van der Waals surface area contributed by atoms with Gasteiger partial charge in [0.05, 0.1) is 42.9 Å². The Morgan fingerprint density at radius 3 is 2.74 bits per heavy atom. The standard InChI is InChI=1S/C23H19F3N6O2/c1-14-2-3-15(22(33)30-17-7-16(8-28-9-17)23(24,25)26)6-19(14)34-18-12-31(13-18)21-11-29-20-10-27-4-5-32(20)21/h2-11,18H,12-13H2,1H3,(H,30,33). The van der Waals surface area contributed by atoms with E-state index in [0.717, 1.165) is 29.3 Å². The number of aromatic nitrogens is 4. The maximum absolute atomic E-state index is 12.9. The lowest BCUT2D eigenvalue weighted by molar-refractivity contribution is -0.137. The number of alkyl halides is 3. The van der Waals surface area contributed by atoms with Gasteiger partial charge in [0.15, 0.2) is 5.65 Å². The van der Waals surface area contributed by atoms with Gasteiger partial charge < -0.3 is 15.0 Å². The molecule has 0 atom stereocenters. The van der Waals surface area contributed by atoms with Gasteiger partial charge in [0.1, 0.15) is 17.7 Å². The molecule has 0 spiro atoms. The minimum Gasteiger partial charge on any atom is -0.486 e. The van der Waals surface area contributed by atoms with E-state index in [9.17, 15) is 18.0 Å². The number of aryl methyl sites for hydroxylation is 1. The van der Waals surface area contributed by atoms with E-state index >= 15 is 0 Å². The van der Waals surface area contributed by atoms with Crippen LogP contribution >= 0.6 is 0 Å². The summed E-state index contributed by atoms with van der Waals surface area (Å²) in [6.07, 6.45) is 4.25. The Morgan fingerprint density at radius 2 is 1.94 bits per heavy atom. The number of ether oxygens (including phenoxy) is 1. The molecule has 0 unspecified atom stereocenters. The molecule has 11 heteroatoms. The summed E-state index contributed by atoms with van der Waals surface area (Å²) < 4.78 is 46.7. The van der Waals surface area contributed by atoms with E-state index in [0.29, 0.717) is 25.0 Å². The Bertz CT molecular complexity index is 1360. The van der Waals surface area contributed by atoms with Crippen molar-refractivity contribution < 1.29 is 22.7 Å². The van der Waals surface area contributed by atoms with Crippen molar-refractivity contribution in [3.8, 4) is 5.75 Å². The number of amides is 1. The Kier molecular flexibility index (Phi) is 5.31. The first-order chi connectivity index (χ1) is 16.3. The zero-order chi connectivity index (χ0) is 23.9. The maximum atomic E-state index is 12.9. The molecule has 4 heterocycles. The maximum Gasteiger partial charge on any atom is 0.417 e. The normalized spacial score (nSPS) is 14.2. The molecule has 1 aliphatic rings. The molecule has 1 N–H and O–H groups in total. The van der Waals surface area contributed by atoms with Gasteiger partial charge in [-0.3, -0.25) is 19.2 Å². The molecule has 1 fully saturated rings. The van der Waals surface area contributed by atoms with Gasteiger partial charge >= 0.3 is 6.18 Å². The van der Waals surface area contributed by atoms with Gasteiger partial charge in [0.2, 0.25) is 0 Å². The van der Waals surface area contributed by atoms with Crippen LogP contribution in [0, 0.1) is 6.92 Å². The fourth-order valence-electron chi connectivity index (χ4n) is 3.68. The number of hydrogen-bond donors (Lipinski definition) is 1. The highest BCUT2D eigenvalue weighted by atomic mass is 19.4. The van der Waals surface area contributed by atoms with Gasteiger partial charge in [0, 0.05) is 24.2 Å². The number of carbonyl (C=O) groups is 1. The third-order valence-electron chi connectivity index (χ3n) is 5.54. The van der Waals surface area contributed by atoms with Crippen molar-refractivity contribution in [3.63, 3.8) is 0 Å². The van der Waals surface area contributed by atoms with Crippen molar-refractivity contribution in [1.82, 2.24) is 19.4 Å². The monoisotopic (exact) mass is 468 g/mol. The number of hydrogen-bond acceptors (Lipinski definition) is 6. The molecule has 34 heavy (non-hydrogen) atoms. The van der Waals surface area contributed by atoms with Gasteiger partial charge in [0.25, 0.3) is 5.91 Å². The molecule has 3 aromatic heterocycles. The summed E-state index contributed by atoms with van der Waals surface area (Å²) in [5.74, 6) is 0.930. The van der Waals surface area contributed by atoms with Crippen LogP contribution in [-0.4, -0.2) is 44.5 Å². The van der Waals surface area contributed by atoms with Crippen molar-refractivity contribution in [1.29, 1.82) is 0 Å². The molecular formula is C23H19F3N6O2. The Morgan fingerprint density at radius 1 is 1.12 bits per heavy atom. The van der Waals surface area contributed by atoms with Crippen LogP contribution in [0.4, 0.5) is 24.7 Å². The molecule has 1 amide bonds. The average molecular weight is 468 g/mol. The molecule has 8 nitrogen and oxygen atoms in total. The second kappa shape index (κ2) is 8.32. The van der Waals surface area contributed by atoms with Crippen LogP contribution in [0.15, 0.2) is 61.4 Å². The van der Waals surface area contributed by atoms with E-state index in [2.05, 4.69) is 25.2 Å². The van der Waals surface area contributed by atoms with Crippen LogP contribution in [-0.2, 0) is 6.18 Å². The molecule has 174 valence electrons. The molecular weight excluding hydrogens is 449 g/mol.